The Labute approximate surface area is 148 Å². The van der Waals surface area contributed by atoms with E-state index in [2.05, 4.69) is 15.2 Å². The lowest BCUT2D eigenvalue weighted by molar-refractivity contribution is -0.385. The van der Waals surface area contributed by atoms with Crippen LogP contribution in [0.2, 0.25) is 0 Å². The van der Waals surface area contributed by atoms with E-state index in [-0.39, 0.29) is 5.69 Å². The smallest absolute Gasteiger partial charge is 0.287 e. The molecule has 25 heavy (non-hydrogen) atoms. The monoisotopic (exact) mass is 357 g/mol. The second kappa shape index (κ2) is 7.75. The highest BCUT2D eigenvalue weighted by Gasteiger charge is 2.14. The minimum Gasteiger partial charge on any atom is -0.486 e. The van der Waals surface area contributed by atoms with Gasteiger partial charge in [0.15, 0.2) is 11.0 Å². The first kappa shape index (κ1) is 16.9. The summed E-state index contributed by atoms with van der Waals surface area (Å²) in [4.78, 5) is 14.3. The first-order valence-corrected chi connectivity index (χ1v) is 8.37. The molecule has 0 radical (unpaired) electrons. The van der Waals surface area contributed by atoms with Crippen molar-refractivity contribution in [2.45, 2.75) is 30.3 Å². The molecule has 2 heterocycles. The zero-order chi connectivity index (χ0) is 17.6. The lowest BCUT2D eigenvalue weighted by Gasteiger charge is -2.08. The molecule has 2 aromatic heterocycles. The van der Waals surface area contributed by atoms with Crippen molar-refractivity contribution in [3.63, 3.8) is 0 Å². The Balaban J connectivity index is 1.72. The molecule has 0 bridgehead atoms. The lowest BCUT2D eigenvalue weighted by atomic mass is 10.3. The van der Waals surface area contributed by atoms with Crippen molar-refractivity contribution in [2.24, 2.45) is 0 Å². The number of para-hydroxylation sites is 1. The van der Waals surface area contributed by atoms with E-state index in [4.69, 9.17) is 4.74 Å². The Bertz CT molecular complexity index is 852. The van der Waals surface area contributed by atoms with Gasteiger partial charge in [0.25, 0.3) is 5.69 Å². The van der Waals surface area contributed by atoms with Crippen molar-refractivity contribution in [1.82, 2.24) is 19.7 Å². The van der Waals surface area contributed by atoms with Crippen molar-refractivity contribution in [3.8, 4) is 5.75 Å². The van der Waals surface area contributed by atoms with Gasteiger partial charge in [-0.25, -0.2) is 4.98 Å². The zero-order valence-electron chi connectivity index (χ0n) is 13.4. The lowest BCUT2D eigenvalue weighted by Crippen LogP contribution is -2.07. The van der Waals surface area contributed by atoms with Crippen molar-refractivity contribution in [2.75, 3.05) is 0 Å². The standard InChI is InChI=1S/C16H15N5O3S/c1-2-20-14(11-24-13-6-4-3-5-7-13)18-19-16(20)25-15-9-8-12(10-17-15)21(22)23/h3-10H,2,11H2,1H3. The van der Waals surface area contributed by atoms with Crippen LogP contribution in [0.25, 0.3) is 0 Å². The molecule has 0 aliphatic carbocycles. The average Bonchev–Trinajstić information content (AvgIpc) is 3.03. The van der Waals surface area contributed by atoms with Gasteiger partial charge >= 0.3 is 0 Å². The summed E-state index contributed by atoms with van der Waals surface area (Å²) >= 11 is 1.30. The summed E-state index contributed by atoms with van der Waals surface area (Å²) in [5, 5.41) is 20.3. The van der Waals surface area contributed by atoms with Crippen LogP contribution in [-0.4, -0.2) is 24.7 Å². The number of ether oxygens (including phenoxy) is 1. The summed E-state index contributed by atoms with van der Waals surface area (Å²) in [5.41, 5.74) is -0.0433. The van der Waals surface area contributed by atoms with Gasteiger partial charge in [-0.05, 0) is 36.9 Å². The summed E-state index contributed by atoms with van der Waals surface area (Å²) in [5.74, 6) is 1.47. The third-order valence-corrected chi connectivity index (χ3v) is 4.28. The quantitative estimate of drug-likeness (QED) is 0.472. The normalized spacial score (nSPS) is 10.6. The van der Waals surface area contributed by atoms with Gasteiger partial charge in [0.05, 0.1) is 4.92 Å². The molecule has 0 fully saturated rings. The molecule has 0 atom stereocenters. The highest BCUT2D eigenvalue weighted by molar-refractivity contribution is 7.99. The number of hydrogen-bond donors (Lipinski definition) is 0. The first-order chi connectivity index (χ1) is 12.2. The molecule has 0 aliphatic rings. The third kappa shape index (κ3) is 4.13. The van der Waals surface area contributed by atoms with E-state index in [1.54, 1.807) is 6.07 Å². The van der Waals surface area contributed by atoms with Gasteiger partial charge in [0.2, 0.25) is 0 Å². The fourth-order valence-electron chi connectivity index (χ4n) is 2.12. The highest BCUT2D eigenvalue weighted by Crippen LogP contribution is 2.26. The Hall–Kier alpha value is -2.94. The van der Waals surface area contributed by atoms with Crippen LogP contribution in [-0.2, 0) is 13.2 Å². The van der Waals surface area contributed by atoms with Crippen LogP contribution in [0.5, 0.6) is 5.75 Å². The maximum absolute atomic E-state index is 10.7. The Morgan fingerprint density at radius 3 is 2.64 bits per heavy atom. The average molecular weight is 357 g/mol. The summed E-state index contributed by atoms with van der Waals surface area (Å²) in [6.45, 7) is 2.97. The number of benzene rings is 1. The number of nitro groups is 1. The SMILES string of the molecule is CCn1c(COc2ccccc2)nnc1Sc1ccc([N+](=O)[O-])cn1. The van der Waals surface area contributed by atoms with Crippen LogP contribution in [0.3, 0.4) is 0 Å². The predicted octanol–water partition coefficient (Wildman–Crippen LogP) is 3.33. The molecule has 0 spiro atoms. The second-order valence-electron chi connectivity index (χ2n) is 4.96. The fourth-order valence-corrected chi connectivity index (χ4v) is 2.97. The predicted molar refractivity (Wildman–Crippen MR) is 91.5 cm³/mol. The van der Waals surface area contributed by atoms with E-state index >= 15 is 0 Å². The Morgan fingerprint density at radius 1 is 1.20 bits per heavy atom. The number of aromatic nitrogens is 4. The molecule has 128 valence electrons. The van der Waals surface area contributed by atoms with Gasteiger partial charge < -0.3 is 9.30 Å². The largest absolute Gasteiger partial charge is 0.486 e. The van der Waals surface area contributed by atoms with Crippen molar-refractivity contribution in [3.05, 3.63) is 64.6 Å². The van der Waals surface area contributed by atoms with E-state index in [1.807, 2.05) is 41.8 Å². The zero-order valence-corrected chi connectivity index (χ0v) is 14.2. The van der Waals surface area contributed by atoms with Crippen LogP contribution < -0.4 is 4.74 Å². The van der Waals surface area contributed by atoms with Crippen LogP contribution in [0.1, 0.15) is 12.7 Å². The molecule has 0 unspecified atom stereocenters. The van der Waals surface area contributed by atoms with Gasteiger partial charge in [-0.15, -0.1) is 10.2 Å². The number of rotatable bonds is 7. The van der Waals surface area contributed by atoms with E-state index in [0.717, 1.165) is 5.75 Å². The first-order valence-electron chi connectivity index (χ1n) is 7.55. The minimum atomic E-state index is -0.477. The van der Waals surface area contributed by atoms with E-state index in [9.17, 15) is 10.1 Å². The fraction of sp³-hybridized carbons (Fsp3) is 0.188. The summed E-state index contributed by atoms with van der Waals surface area (Å²) in [7, 11) is 0. The Morgan fingerprint density at radius 2 is 2.00 bits per heavy atom. The molecule has 3 aromatic rings. The van der Waals surface area contributed by atoms with Crippen molar-refractivity contribution in [1.29, 1.82) is 0 Å². The van der Waals surface area contributed by atoms with Gasteiger partial charge in [0.1, 0.15) is 23.6 Å². The highest BCUT2D eigenvalue weighted by atomic mass is 32.2. The summed E-state index contributed by atoms with van der Waals surface area (Å²) in [6.07, 6.45) is 1.23. The van der Waals surface area contributed by atoms with Crippen LogP contribution in [0.4, 0.5) is 5.69 Å². The maximum atomic E-state index is 10.7. The van der Waals surface area contributed by atoms with Crippen molar-refractivity contribution < 1.29 is 9.66 Å². The molecule has 3 rings (SSSR count). The third-order valence-electron chi connectivity index (χ3n) is 3.35. The molecule has 0 saturated carbocycles. The molecular formula is C16H15N5O3S. The van der Waals surface area contributed by atoms with Crippen molar-refractivity contribution >= 4 is 17.4 Å². The summed E-state index contributed by atoms with van der Waals surface area (Å²) < 4.78 is 7.64. The van der Waals surface area contributed by atoms with E-state index in [0.29, 0.717) is 29.2 Å². The summed E-state index contributed by atoms with van der Waals surface area (Å²) in [6, 6.07) is 12.5. The molecule has 0 aliphatic heterocycles. The van der Waals surface area contributed by atoms with Gasteiger partial charge in [-0.3, -0.25) is 10.1 Å². The van der Waals surface area contributed by atoms with Crippen LogP contribution >= 0.6 is 11.8 Å². The number of nitrogens with zero attached hydrogens (tertiary/aromatic N) is 5. The Kier molecular flexibility index (Phi) is 5.24. The van der Waals surface area contributed by atoms with Gasteiger partial charge in [-0.1, -0.05) is 18.2 Å². The van der Waals surface area contributed by atoms with Gasteiger partial charge in [0, 0.05) is 12.6 Å². The molecule has 8 nitrogen and oxygen atoms in total. The molecule has 0 N–H and O–H groups in total. The molecule has 0 saturated heterocycles. The second-order valence-corrected chi connectivity index (χ2v) is 5.95. The van der Waals surface area contributed by atoms with Gasteiger partial charge in [-0.2, -0.15) is 0 Å². The molecular weight excluding hydrogens is 342 g/mol. The minimum absolute atomic E-state index is 0.0433. The van der Waals surface area contributed by atoms with E-state index in [1.165, 1.54) is 24.0 Å². The number of hydrogen-bond acceptors (Lipinski definition) is 7. The van der Waals surface area contributed by atoms with Crippen LogP contribution in [0, 0.1) is 10.1 Å². The molecule has 9 heteroatoms. The maximum Gasteiger partial charge on any atom is 0.287 e. The number of pyridine rings is 1. The van der Waals surface area contributed by atoms with E-state index < -0.39 is 4.92 Å². The van der Waals surface area contributed by atoms with Crippen LogP contribution in [0.15, 0.2) is 58.8 Å². The topological polar surface area (TPSA) is 96.0 Å². The molecule has 0 amide bonds. The molecule has 1 aromatic carbocycles.